The Bertz CT molecular complexity index is 547. The molecule has 0 radical (unpaired) electrons. The van der Waals surface area contributed by atoms with Gasteiger partial charge in [0.05, 0.1) is 6.10 Å². The van der Waals surface area contributed by atoms with Crippen LogP contribution in [0.2, 0.25) is 0 Å². The highest BCUT2D eigenvalue weighted by molar-refractivity contribution is 5.74. The third-order valence-electron chi connectivity index (χ3n) is 5.49. The molecule has 0 bridgehead atoms. The lowest BCUT2D eigenvalue weighted by atomic mass is 9.90. The van der Waals surface area contributed by atoms with Gasteiger partial charge in [-0.1, -0.05) is 12.1 Å². The van der Waals surface area contributed by atoms with Crippen molar-refractivity contribution < 1.29 is 14.6 Å². The summed E-state index contributed by atoms with van der Waals surface area (Å²) in [7, 11) is 0. The Balaban J connectivity index is 1.37. The van der Waals surface area contributed by atoms with Gasteiger partial charge in [0.25, 0.3) is 0 Å². The van der Waals surface area contributed by atoms with Crippen molar-refractivity contribution in [1.82, 2.24) is 10.2 Å². The van der Waals surface area contributed by atoms with E-state index in [9.17, 15) is 9.90 Å². The lowest BCUT2D eigenvalue weighted by molar-refractivity contribution is 0.0370. The molecule has 5 nitrogen and oxygen atoms in total. The molecule has 0 aromatic heterocycles. The summed E-state index contributed by atoms with van der Waals surface area (Å²) in [4.78, 5) is 14.4. The molecule has 25 heavy (non-hydrogen) atoms. The molecular formula is C20H30N2O3. The van der Waals surface area contributed by atoms with Crippen molar-refractivity contribution in [3.05, 3.63) is 29.8 Å². The van der Waals surface area contributed by atoms with Crippen molar-refractivity contribution in [1.29, 1.82) is 0 Å². The van der Waals surface area contributed by atoms with Crippen LogP contribution < -0.4 is 5.32 Å². The number of nitrogens with one attached hydrogen (secondary N) is 1. The number of aromatic hydroxyl groups is 1. The summed E-state index contributed by atoms with van der Waals surface area (Å²) >= 11 is 0. The number of carbonyl (C=O) groups is 1. The Kier molecular flexibility index (Phi) is 6.19. The number of ether oxygens (including phenoxy) is 1. The van der Waals surface area contributed by atoms with Crippen LogP contribution in [0.4, 0.5) is 4.79 Å². The van der Waals surface area contributed by atoms with Gasteiger partial charge >= 0.3 is 6.03 Å². The van der Waals surface area contributed by atoms with Gasteiger partial charge < -0.3 is 20.1 Å². The average molecular weight is 346 g/mol. The molecule has 2 aliphatic heterocycles. The van der Waals surface area contributed by atoms with E-state index >= 15 is 0 Å². The van der Waals surface area contributed by atoms with E-state index in [1.54, 1.807) is 12.1 Å². The minimum absolute atomic E-state index is 0.0593. The van der Waals surface area contributed by atoms with Crippen LogP contribution >= 0.6 is 0 Å². The smallest absolute Gasteiger partial charge is 0.317 e. The van der Waals surface area contributed by atoms with Gasteiger partial charge in [-0.25, -0.2) is 4.79 Å². The Hall–Kier alpha value is -1.75. The number of phenols is 1. The first-order valence-corrected chi connectivity index (χ1v) is 9.57. The van der Waals surface area contributed by atoms with Crippen molar-refractivity contribution in [3.63, 3.8) is 0 Å². The maximum absolute atomic E-state index is 12.4. The van der Waals surface area contributed by atoms with E-state index in [2.05, 4.69) is 12.2 Å². The van der Waals surface area contributed by atoms with Crippen LogP contribution in [0.3, 0.4) is 0 Å². The Morgan fingerprint density at radius 1 is 1.28 bits per heavy atom. The van der Waals surface area contributed by atoms with Crippen LogP contribution in [-0.4, -0.2) is 47.9 Å². The molecule has 0 unspecified atom stereocenters. The van der Waals surface area contributed by atoms with Gasteiger partial charge in [-0.05, 0) is 69.1 Å². The molecule has 2 saturated heterocycles. The first-order valence-electron chi connectivity index (χ1n) is 9.57. The number of phenolic OH excluding ortho intramolecular Hbond substituents is 1. The normalized spacial score (nSPS) is 22.8. The van der Waals surface area contributed by atoms with Crippen LogP contribution in [0, 0.1) is 5.92 Å². The number of hydrogen-bond donors (Lipinski definition) is 2. The third kappa shape index (κ3) is 5.11. The topological polar surface area (TPSA) is 61.8 Å². The van der Waals surface area contributed by atoms with Gasteiger partial charge in [0.1, 0.15) is 5.75 Å². The molecule has 1 aromatic rings. The number of aryl methyl sites for hydroxylation is 1. The molecule has 5 heteroatoms. The van der Waals surface area contributed by atoms with E-state index in [0.29, 0.717) is 12.0 Å². The molecule has 2 aliphatic rings. The molecule has 0 spiro atoms. The lowest BCUT2D eigenvalue weighted by Gasteiger charge is -2.35. The predicted octanol–water partition coefficient (Wildman–Crippen LogP) is 3.31. The van der Waals surface area contributed by atoms with Crippen LogP contribution in [0.25, 0.3) is 0 Å². The number of piperidine rings is 1. The highest BCUT2D eigenvalue weighted by atomic mass is 16.5. The summed E-state index contributed by atoms with van der Waals surface area (Å²) in [6.45, 7) is 4.63. The first kappa shape index (κ1) is 18.1. The second-order valence-electron chi connectivity index (χ2n) is 7.43. The van der Waals surface area contributed by atoms with E-state index < -0.39 is 0 Å². The SMILES string of the molecule is C[C@@H](CCc1ccc(O)cc1)NC(=O)N1CCC([C@H]2CCCO2)CC1. The number of amides is 2. The van der Waals surface area contributed by atoms with Crippen LogP contribution in [-0.2, 0) is 11.2 Å². The van der Waals surface area contributed by atoms with Gasteiger partial charge in [-0.2, -0.15) is 0 Å². The number of nitrogens with zero attached hydrogens (tertiary/aromatic N) is 1. The maximum Gasteiger partial charge on any atom is 0.317 e. The standard InChI is InChI=1S/C20H30N2O3/c1-15(4-5-16-6-8-18(23)9-7-16)21-20(24)22-12-10-17(11-13-22)19-3-2-14-25-19/h6-9,15,17,19,23H,2-5,10-14H2,1H3,(H,21,24)/t15-,19+/m0/s1. The minimum atomic E-state index is 0.0593. The summed E-state index contributed by atoms with van der Waals surface area (Å²) < 4.78 is 5.80. The van der Waals surface area contributed by atoms with Gasteiger partial charge in [0.15, 0.2) is 0 Å². The quantitative estimate of drug-likeness (QED) is 0.860. The first-order chi connectivity index (χ1) is 12.1. The number of urea groups is 1. The Labute approximate surface area is 150 Å². The molecule has 2 heterocycles. The van der Waals surface area contributed by atoms with E-state index in [4.69, 9.17) is 4.74 Å². The molecule has 1 aromatic carbocycles. The van der Waals surface area contributed by atoms with Crippen LogP contribution in [0.5, 0.6) is 5.75 Å². The molecule has 2 atom stereocenters. The van der Waals surface area contributed by atoms with Crippen molar-refractivity contribution in [2.24, 2.45) is 5.92 Å². The fourth-order valence-electron chi connectivity index (χ4n) is 3.87. The largest absolute Gasteiger partial charge is 0.508 e. The zero-order valence-electron chi connectivity index (χ0n) is 15.1. The van der Waals surface area contributed by atoms with E-state index in [1.807, 2.05) is 17.0 Å². The molecule has 138 valence electrons. The fraction of sp³-hybridized carbons (Fsp3) is 0.650. The summed E-state index contributed by atoms with van der Waals surface area (Å²) in [6.07, 6.45) is 6.69. The molecule has 0 saturated carbocycles. The molecule has 2 N–H and O–H groups in total. The minimum Gasteiger partial charge on any atom is -0.508 e. The maximum atomic E-state index is 12.4. The zero-order chi connectivity index (χ0) is 17.6. The van der Waals surface area contributed by atoms with Crippen LogP contribution in [0.1, 0.15) is 44.6 Å². The molecule has 2 amide bonds. The third-order valence-corrected chi connectivity index (χ3v) is 5.49. The monoisotopic (exact) mass is 346 g/mol. The van der Waals surface area contributed by atoms with Crippen LogP contribution in [0.15, 0.2) is 24.3 Å². The second-order valence-corrected chi connectivity index (χ2v) is 7.43. The van der Waals surface area contributed by atoms with E-state index in [-0.39, 0.29) is 17.8 Å². The average Bonchev–Trinajstić information content (AvgIpc) is 3.16. The van der Waals surface area contributed by atoms with Crippen molar-refractivity contribution >= 4 is 6.03 Å². The Morgan fingerprint density at radius 2 is 2.00 bits per heavy atom. The van der Waals surface area contributed by atoms with Crippen molar-refractivity contribution in [3.8, 4) is 5.75 Å². The van der Waals surface area contributed by atoms with Gasteiger partial charge in [-0.15, -0.1) is 0 Å². The zero-order valence-corrected chi connectivity index (χ0v) is 15.1. The molecular weight excluding hydrogens is 316 g/mol. The Morgan fingerprint density at radius 3 is 2.64 bits per heavy atom. The highest BCUT2D eigenvalue weighted by Crippen LogP contribution is 2.28. The van der Waals surface area contributed by atoms with Gasteiger partial charge in [0, 0.05) is 25.7 Å². The number of hydrogen-bond acceptors (Lipinski definition) is 3. The van der Waals surface area contributed by atoms with Gasteiger partial charge in [-0.3, -0.25) is 0 Å². The highest BCUT2D eigenvalue weighted by Gasteiger charge is 2.31. The summed E-state index contributed by atoms with van der Waals surface area (Å²) in [5, 5.41) is 12.4. The predicted molar refractivity (Wildman–Crippen MR) is 97.7 cm³/mol. The number of benzene rings is 1. The number of likely N-dealkylation sites (tertiary alicyclic amines) is 1. The molecule has 2 fully saturated rings. The molecule has 0 aliphatic carbocycles. The van der Waals surface area contributed by atoms with Crippen molar-refractivity contribution in [2.45, 2.75) is 57.6 Å². The second kappa shape index (κ2) is 8.56. The van der Waals surface area contributed by atoms with Crippen molar-refractivity contribution in [2.75, 3.05) is 19.7 Å². The fourth-order valence-corrected chi connectivity index (χ4v) is 3.87. The summed E-state index contributed by atoms with van der Waals surface area (Å²) in [6, 6.07) is 7.47. The lowest BCUT2D eigenvalue weighted by Crippen LogP contribution is -2.48. The van der Waals surface area contributed by atoms with E-state index in [0.717, 1.165) is 45.4 Å². The summed E-state index contributed by atoms with van der Waals surface area (Å²) in [5.74, 6) is 0.912. The molecule has 3 rings (SSSR count). The number of carbonyl (C=O) groups excluding carboxylic acids is 1. The van der Waals surface area contributed by atoms with Gasteiger partial charge in [0.2, 0.25) is 0 Å². The summed E-state index contributed by atoms with van der Waals surface area (Å²) in [5.41, 5.74) is 1.18. The number of rotatable bonds is 5. The van der Waals surface area contributed by atoms with E-state index in [1.165, 1.54) is 18.4 Å².